The van der Waals surface area contributed by atoms with Gasteiger partial charge in [-0.15, -0.1) is 16.4 Å². The molecule has 0 aromatic carbocycles. The van der Waals surface area contributed by atoms with E-state index < -0.39 is 0 Å². The average molecular weight is 289 g/mol. The number of thiophene rings is 1. The van der Waals surface area contributed by atoms with Gasteiger partial charge in [-0.2, -0.15) is 10.1 Å². The van der Waals surface area contributed by atoms with Crippen LogP contribution in [0.3, 0.4) is 0 Å². The normalized spacial score (nSPS) is 11.3. The number of fused-ring (bicyclic) bond motifs is 1. The molecule has 0 atom stereocenters. The predicted molar refractivity (Wildman–Crippen MR) is 78.6 cm³/mol. The van der Waals surface area contributed by atoms with E-state index in [-0.39, 0.29) is 0 Å². The molecule has 7 heteroatoms. The second kappa shape index (κ2) is 4.82. The van der Waals surface area contributed by atoms with Crippen LogP contribution in [-0.4, -0.2) is 20.3 Å². The van der Waals surface area contributed by atoms with Crippen molar-refractivity contribution in [3.8, 4) is 10.8 Å². The van der Waals surface area contributed by atoms with Gasteiger partial charge in [-0.25, -0.2) is 0 Å². The molecule has 0 amide bonds. The zero-order valence-electron chi connectivity index (χ0n) is 11.6. The molecule has 3 aromatic heterocycles. The van der Waals surface area contributed by atoms with E-state index >= 15 is 0 Å². The molecule has 20 heavy (non-hydrogen) atoms. The highest BCUT2D eigenvalue weighted by atomic mass is 32.1. The van der Waals surface area contributed by atoms with Gasteiger partial charge < -0.3 is 10.3 Å². The highest BCUT2D eigenvalue weighted by Gasteiger charge is 2.20. The van der Waals surface area contributed by atoms with Crippen molar-refractivity contribution in [2.24, 2.45) is 0 Å². The lowest BCUT2D eigenvalue weighted by Crippen LogP contribution is -1.93. The number of nitrogens with two attached hydrogens (primary N) is 1. The van der Waals surface area contributed by atoms with Crippen molar-refractivity contribution in [1.29, 1.82) is 0 Å². The summed E-state index contributed by atoms with van der Waals surface area (Å²) in [5, 5.41) is 13.2. The van der Waals surface area contributed by atoms with Gasteiger partial charge in [0.25, 0.3) is 5.89 Å². The van der Waals surface area contributed by atoms with Crippen LogP contribution >= 0.6 is 11.3 Å². The van der Waals surface area contributed by atoms with Crippen LogP contribution in [0.4, 0.5) is 5.69 Å². The Kier molecular flexibility index (Phi) is 3.13. The van der Waals surface area contributed by atoms with E-state index in [1.54, 1.807) is 0 Å². The third-order valence-corrected chi connectivity index (χ3v) is 4.35. The largest absolute Gasteiger partial charge is 0.397 e. The minimum atomic E-state index is 0.464. The van der Waals surface area contributed by atoms with Crippen molar-refractivity contribution >= 4 is 27.2 Å². The highest BCUT2D eigenvalue weighted by molar-refractivity contribution is 7.22. The Hall–Kier alpha value is -2.02. The molecule has 6 nitrogen and oxygen atoms in total. The van der Waals surface area contributed by atoms with Crippen LogP contribution in [0, 0.1) is 13.8 Å². The molecule has 3 rings (SSSR count). The number of hydrogen-bond donors (Lipinski definition) is 1. The lowest BCUT2D eigenvalue weighted by atomic mass is 10.1. The van der Waals surface area contributed by atoms with Gasteiger partial charge in [-0.05, 0) is 25.8 Å². The van der Waals surface area contributed by atoms with Gasteiger partial charge in [0.15, 0.2) is 5.82 Å². The maximum absolute atomic E-state index is 6.24. The van der Waals surface area contributed by atoms with Crippen LogP contribution < -0.4 is 5.73 Å². The summed E-state index contributed by atoms with van der Waals surface area (Å²) in [6, 6.07) is 0. The maximum Gasteiger partial charge on any atom is 0.270 e. The molecule has 0 unspecified atom stereocenters. The Labute approximate surface area is 120 Å². The summed E-state index contributed by atoms with van der Waals surface area (Å²) in [6.07, 6.45) is 1.77. The molecule has 0 fully saturated rings. The fourth-order valence-corrected chi connectivity index (χ4v) is 3.09. The van der Waals surface area contributed by atoms with Crippen LogP contribution in [0.2, 0.25) is 0 Å². The molecule has 104 valence electrons. The van der Waals surface area contributed by atoms with Crippen LogP contribution in [-0.2, 0) is 6.42 Å². The molecule has 0 aliphatic heterocycles. The van der Waals surface area contributed by atoms with Gasteiger partial charge in [-0.1, -0.05) is 12.1 Å². The molecular formula is C13H15N5OS. The zero-order chi connectivity index (χ0) is 14.3. The molecule has 0 bridgehead atoms. The Bertz CT molecular complexity index is 777. The summed E-state index contributed by atoms with van der Waals surface area (Å²) in [7, 11) is 0. The van der Waals surface area contributed by atoms with Crippen molar-refractivity contribution in [1.82, 2.24) is 20.3 Å². The molecule has 3 aromatic rings. The number of hydrogen-bond acceptors (Lipinski definition) is 7. The van der Waals surface area contributed by atoms with Gasteiger partial charge in [0, 0.05) is 11.8 Å². The highest BCUT2D eigenvalue weighted by Crippen LogP contribution is 2.40. The second-order valence-electron chi connectivity index (χ2n) is 4.70. The summed E-state index contributed by atoms with van der Waals surface area (Å²) in [5.41, 5.74) is 8.81. The van der Waals surface area contributed by atoms with Crippen LogP contribution in [0.15, 0.2) is 4.52 Å². The fourth-order valence-electron chi connectivity index (χ4n) is 2.07. The molecule has 2 N–H and O–H groups in total. The molecular weight excluding hydrogens is 274 g/mol. The fraction of sp³-hybridized carbons (Fsp3) is 0.385. The molecule has 0 radical (unpaired) electrons. The van der Waals surface area contributed by atoms with Crippen LogP contribution in [0.5, 0.6) is 0 Å². The standard InChI is InChI=1S/C13H15N5OS/c1-4-5-8-15-12(19-18-8)11-10(14)9-6(2)7(3)16-17-13(9)20-11/h4-5,14H2,1-3H3. The number of aryl methyl sites for hydroxylation is 3. The van der Waals surface area contributed by atoms with Gasteiger partial charge in [0.05, 0.1) is 11.4 Å². The molecule has 0 aliphatic rings. The van der Waals surface area contributed by atoms with Crippen molar-refractivity contribution in [3.63, 3.8) is 0 Å². The summed E-state index contributed by atoms with van der Waals surface area (Å²) in [6.45, 7) is 5.99. The number of rotatable bonds is 3. The van der Waals surface area contributed by atoms with E-state index in [0.717, 1.165) is 39.2 Å². The van der Waals surface area contributed by atoms with E-state index in [1.807, 2.05) is 13.8 Å². The van der Waals surface area contributed by atoms with Gasteiger partial charge >= 0.3 is 0 Å². The van der Waals surface area contributed by atoms with E-state index in [0.29, 0.717) is 17.4 Å². The Morgan fingerprint density at radius 3 is 2.80 bits per heavy atom. The average Bonchev–Trinajstić information content (AvgIpc) is 3.00. The van der Waals surface area contributed by atoms with Crippen LogP contribution in [0.1, 0.15) is 30.4 Å². The third kappa shape index (κ3) is 1.94. The zero-order valence-corrected chi connectivity index (χ0v) is 12.4. The third-order valence-electron chi connectivity index (χ3n) is 3.27. The monoisotopic (exact) mass is 289 g/mol. The Morgan fingerprint density at radius 1 is 1.25 bits per heavy atom. The molecule has 0 aliphatic carbocycles. The number of nitrogen functional groups attached to an aromatic ring is 1. The quantitative estimate of drug-likeness (QED) is 0.797. The van der Waals surface area contributed by atoms with Crippen molar-refractivity contribution < 1.29 is 4.52 Å². The first-order valence-corrected chi connectivity index (χ1v) is 7.28. The van der Waals surface area contributed by atoms with E-state index in [1.165, 1.54) is 11.3 Å². The molecule has 3 heterocycles. The number of anilines is 1. The van der Waals surface area contributed by atoms with Crippen molar-refractivity contribution in [3.05, 3.63) is 17.1 Å². The minimum Gasteiger partial charge on any atom is -0.397 e. The second-order valence-corrected chi connectivity index (χ2v) is 5.70. The summed E-state index contributed by atoms with van der Waals surface area (Å²) < 4.78 is 5.30. The number of nitrogens with zero attached hydrogens (tertiary/aromatic N) is 4. The summed E-state index contributed by atoms with van der Waals surface area (Å²) in [5.74, 6) is 1.17. The van der Waals surface area contributed by atoms with Crippen molar-refractivity contribution in [2.75, 3.05) is 5.73 Å². The first-order valence-electron chi connectivity index (χ1n) is 6.46. The smallest absolute Gasteiger partial charge is 0.270 e. The lowest BCUT2D eigenvalue weighted by molar-refractivity contribution is 0.423. The van der Waals surface area contributed by atoms with Gasteiger partial charge in [0.2, 0.25) is 0 Å². The van der Waals surface area contributed by atoms with E-state index in [4.69, 9.17) is 10.3 Å². The van der Waals surface area contributed by atoms with E-state index in [9.17, 15) is 0 Å². The van der Waals surface area contributed by atoms with Gasteiger partial charge in [0.1, 0.15) is 9.71 Å². The Balaban J connectivity index is 2.16. The molecule has 0 saturated carbocycles. The molecule has 0 spiro atoms. The van der Waals surface area contributed by atoms with Gasteiger partial charge in [-0.3, -0.25) is 0 Å². The Morgan fingerprint density at radius 2 is 2.05 bits per heavy atom. The molecule has 0 saturated heterocycles. The summed E-state index contributed by atoms with van der Waals surface area (Å²) >= 11 is 1.44. The minimum absolute atomic E-state index is 0.464. The SMILES string of the molecule is CCCc1noc(-c2sc3nnc(C)c(C)c3c2N)n1. The first kappa shape index (κ1) is 13.0. The first-order chi connectivity index (χ1) is 9.61. The lowest BCUT2D eigenvalue weighted by Gasteiger charge is -1.99. The predicted octanol–water partition coefficient (Wildman–Crippen LogP) is 2.89. The summed E-state index contributed by atoms with van der Waals surface area (Å²) in [4.78, 5) is 5.96. The van der Waals surface area contributed by atoms with Crippen LogP contribution in [0.25, 0.3) is 21.0 Å². The van der Waals surface area contributed by atoms with Crippen molar-refractivity contribution in [2.45, 2.75) is 33.6 Å². The topological polar surface area (TPSA) is 90.7 Å². The van der Waals surface area contributed by atoms with E-state index in [2.05, 4.69) is 27.3 Å². The maximum atomic E-state index is 6.24. The number of aromatic nitrogens is 4.